The van der Waals surface area contributed by atoms with Crippen LogP contribution in [0.3, 0.4) is 0 Å². The highest BCUT2D eigenvalue weighted by Gasteiger charge is 2.38. The molecule has 3 rings (SSSR count). The molecule has 4 nitrogen and oxygen atoms in total. The van der Waals surface area contributed by atoms with Crippen molar-refractivity contribution in [1.29, 1.82) is 0 Å². The monoisotopic (exact) mass is 290 g/mol. The minimum Gasteiger partial charge on any atom is -0.353 e. The molecule has 112 valence electrons. The van der Waals surface area contributed by atoms with Crippen molar-refractivity contribution in [3.05, 3.63) is 35.1 Å². The molecular weight excluding hydrogens is 271 g/mol. The molecule has 5 heteroatoms. The number of rotatable bonds is 4. The van der Waals surface area contributed by atoms with E-state index in [1.165, 1.54) is 6.07 Å². The second kappa shape index (κ2) is 5.47. The maximum absolute atomic E-state index is 13.7. The number of nitrogens with zero attached hydrogens (tertiary/aromatic N) is 1. The number of halogens is 1. The van der Waals surface area contributed by atoms with Gasteiger partial charge in [-0.2, -0.15) is 0 Å². The van der Waals surface area contributed by atoms with Gasteiger partial charge in [0.05, 0.1) is 5.92 Å². The molecule has 0 aromatic heterocycles. The van der Waals surface area contributed by atoms with Crippen LogP contribution in [0.5, 0.6) is 0 Å². The van der Waals surface area contributed by atoms with Crippen molar-refractivity contribution in [1.82, 2.24) is 10.2 Å². The summed E-state index contributed by atoms with van der Waals surface area (Å²) in [7, 11) is 0. The van der Waals surface area contributed by atoms with Gasteiger partial charge in [0.2, 0.25) is 5.91 Å². The quantitative estimate of drug-likeness (QED) is 0.918. The fourth-order valence-electron chi connectivity index (χ4n) is 2.51. The number of aryl methyl sites for hydroxylation is 1. The summed E-state index contributed by atoms with van der Waals surface area (Å²) in [6.45, 7) is 2.72. The second-order valence-corrected chi connectivity index (χ2v) is 5.85. The SMILES string of the molecule is CCc1ccc(C(=O)N2CC(C(=O)NC3CC3)C2)cc1F. The van der Waals surface area contributed by atoms with E-state index in [0.717, 1.165) is 12.8 Å². The first kappa shape index (κ1) is 14.0. The Labute approximate surface area is 123 Å². The predicted octanol–water partition coefficient (Wildman–Crippen LogP) is 1.74. The van der Waals surface area contributed by atoms with Crippen LogP contribution in [0.15, 0.2) is 18.2 Å². The van der Waals surface area contributed by atoms with Gasteiger partial charge in [-0.25, -0.2) is 4.39 Å². The topological polar surface area (TPSA) is 49.4 Å². The Bertz CT molecular complexity index is 578. The van der Waals surface area contributed by atoms with E-state index in [1.807, 2.05) is 6.92 Å². The highest BCUT2D eigenvalue weighted by atomic mass is 19.1. The molecular formula is C16H19FN2O2. The summed E-state index contributed by atoms with van der Waals surface area (Å²) in [5.41, 5.74) is 0.961. The van der Waals surface area contributed by atoms with E-state index < -0.39 is 0 Å². The Balaban J connectivity index is 1.57. The number of likely N-dealkylation sites (tertiary alicyclic amines) is 1. The van der Waals surface area contributed by atoms with Crippen LogP contribution < -0.4 is 5.32 Å². The van der Waals surface area contributed by atoms with Gasteiger partial charge in [-0.15, -0.1) is 0 Å². The largest absolute Gasteiger partial charge is 0.353 e. The Morgan fingerprint density at radius 3 is 2.62 bits per heavy atom. The molecule has 1 aliphatic carbocycles. The summed E-state index contributed by atoms with van der Waals surface area (Å²) in [6, 6.07) is 4.94. The van der Waals surface area contributed by atoms with E-state index >= 15 is 0 Å². The van der Waals surface area contributed by atoms with Crippen molar-refractivity contribution in [3.8, 4) is 0 Å². The normalized spacial score (nSPS) is 18.3. The van der Waals surface area contributed by atoms with E-state index in [4.69, 9.17) is 0 Å². The number of hydrogen-bond donors (Lipinski definition) is 1. The summed E-state index contributed by atoms with van der Waals surface area (Å²) >= 11 is 0. The number of hydrogen-bond acceptors (Lipinski definition) is 2. The first-order valence-electron chi connectivity index (χ1n) is 7.46. The van der Waals surface area contributed by atoms with Crippen LogP contribution in [0, 0.1) is 11.7 Å². The summed E-state index contributed by atoms with van der Waals surface area (Å²) in [5.74, 6) is -0.623. The average molecular weight is 290 g/mol. The molecule has 1 aromatic rings. The molecule has 1 saturated carbocycles. The molecule has 0 atom stereocenters. The maximum Gasteiger partial charge on any atom is 0.254 e. The lowest BCUT2D eigenvalue weighted by molar-refractivity contribution is -0.129. The fraction of sp³-hybridized carbons (Fsp3) is 0.500. The van der Waals surface area contributed by atoms with Gasteiger partial charge < -0.3 is 10.2 Å². The van der Waals surface area contributed by atoms with Gasteiger partial charge in [0.1, 0.15) is 5.82 Å². The molecule has 0 bridgehead atoms. The standard InChI is InChI=1S/C16H19FN2O2/c1-2-10-3-4-11(7-14(10)17)16(21)19-8-12(9-19)15(20)18-13-5-6-13/h3-4,7,12-13H,2,5-6,8-9H2,1H3,(H,18,20). The van der Waals surface area contributed by atoms with Gasteiger partial charge in [-0.1, -0.05) is 13.0 Å². The first-order valence-corrected chi connectivity index (χ1v) is 7.46. The van der Waals surface area contributed by atoms with Gasteiger partial charge in [0.25, 0.3) is 5.91 Å². The lowest BCUT2D eigenvalue weighted by atomic mass is 9.97. The van der Waals surface area contributed by atoms with Crippen LogP contribution in [0.1, 0.15) is 35.7 Å². The van der Waals surface area contributed by atoms with Crippen molar-refractivity contribution in [2.45, 2.75) is 32.2 Å². The van der Waals surface area contributed by atoms with Crippen molar-refractivity contribution in [3.63, 3.8) is 0 Å². The van der Waals surface area contributed by atoms with Gasteiger partial charge in [-0.05, 0) is 37.0 Å². The van der Waals surface area contributed by atoms with E-state index in [0.29, 0.717) is 36.7 Å². The zero-order valence-corrected chi connectivity index (χ0v) is 12.1. The summed E-state index contributed by atoms with van der Waals surface area (Å²) in [4.78, 5) is 25.6. The molecule has 1 heterocycles. The zero-order valence-electron chi connectivity index (χ0n) is 12.1. The van der Waals surface area contributed by atoms with Crippen molar-refractivity contribution in [2.24, 2.45) is 5.92 Å². The van der Waals surface area contributed by atoms with Gasteiger partial charge in [0, 0.05) is 24.7 Å². The summed E-state index contributed by atoms with van der Waals surface area (Å²) in [6.07, 6.45) is 2.72. The predicted molar refractivity (Wildman–Crippen MR) is 76.3 cm³/mol. The van der Waals surface area contributed by atoms with Gasteiger partial charge in [0.15, 0.2) is 0 Å². The number of carbonyl (C=O) groups excluding carboxylic acids is 2. The zero-order chi connectivity index (χ0) is 15.0. The second-order valence-electron chi connectivity index (χ2n) is 5.85. The molecule has 1 saturated heterocycles. The van der Waals surface area contributed by atoms with Crippen LogP contribution in [0.4, 0.5) is 4.39 Å². The molecule has 1 N–H and O–H groups in total. The minimum absolute atomic E-state index is 0.0362. The maximum atomic E-state index is 13.7. The van der Waals surface area contributed by atoms with Crippen LogP contribution in [0.2, 0.25) is 0 Å². The van der Waals surface area contributed by atoms with E-state index in [1.54, 1.807) is 17.0 Å². The lowest BCUT2D eigenvalue weighted by Crippen LogP contribution is -2.56. The van der Waals surface area contributed by atoms with E-state index in [-0.39, 0.29) is 23.5 Å². The van der Waals surface area contributed by atoms with Crippen LogP contribution >= 0.6 is 0 Å². The van der Waals surface area contributed by atoms with Crippen LogP contribution in [-0.4, -0.2) is 35.8 Å². The van der Waals surface area contributed by atoms with Crippen LogP contribution in [0.25, 0.3) is 0 Å². The van der Waals surface area contributed by atoms with Crippen molar-refractivity contribution < 1.29 is 14.0 Å². The molecule has 2 fully saturated rings. The molecule has 0 radical (unpaired) electrons. The first-order chi connectivity index (χ1) is 10.1. The highest BCUT2D eigenvalue weighted by molar-refractivity contribution is 5.96. The van der Waals surface area contributed by atoms with E-state index in [2.05, 4.69) is 5.32 Å². The summed E-state index contributed by atoms with van der Waals surface area (Å²) < 4.78 is 13.7. The Morgan fingerprint density at radius 1 is 1.33 bits per heavy atom. The highest BCUT2D eigenvalue weighted by Crippen LogP contribution is 2.23. The number of amides is 2. The molecule has 1 aliphatic heterocycles. The average Bonchev–Trinajstić information content (AvgIpc) is 3.20. The molecule has 1 aromatic carbocycles. The van der Waals surface area contributed by atoms with Crippen LogP contribution in [-0.2, 0) is 11.2 Å². The smallest absolute Gasteiger partial charge is 0.254 e. The lowest BCUT2D eigenvalue weighted by Gasteiger charge is -2.38. The Morgan fingerprint density at radius 2 is 2.05 bits per heavy atom. The van der Waals surface area contributed by atoms with Crippen molar-refractivity contribution >= 4 is 11.8 Å². The molecule has 0 unspecified atom stereocenters. The minimum atomic E-state index is -0.341. The van der Waals surface area contributed by atoms with Crippen molar-refractivity contribution in [2.75, 3.05) is 13.1 Å². The Hall–Kier alpha value is -1.91. The third-order valence-electron chi connectivity index (χ3n) is 4.14. The fourth-order valence-corrected chi connectivity index (χ4v) is 2.51. The third kappa shape index (κ3) is 2.91. The van der Waals surface area contributed by atoms with Gasteiger partial charge in [-0.3, -0.25) is 9.59 Å². The molecule has 2 aliphatic rings. The summed E-state index contributed by atoms with van der Waals surface area (Å²) in [5, 5.41) is 2.94. The number of carbonyl (C=O) groups is 2. The number of benzene rings is 1. The molecule has 2 amide bonds. The third-order valence-corrected chi connectivity index (χ3v) is 4.14. The Kier molecular flexibility index (Phi) is 3.66. The molecule has 21 heavy (non-hydrogen) atoms. The molecule has 0 spiro atoms. The number of nitrogens with one attached hydrogen (secondary N) is 1. The van der Waals surface area contributed by atoms with E-state index in [9.17, 15) is 14.0 Å². The van der Waals surface area contributed by atoms with Gasteiger partial charge >= 0.3 is 0 Å².